The van der Waals surface area contributed by atoms with Gasteiger partial charge in [0.1, 0.15) is 12.1 Å². The first-order valence-corrected chi connectivity index (χ1v) is 14.2. The molecule has 0 saturated heterocycles. The Bertz CT molecular complexity index is 840. The molecule has 0 bridgehead atoms. The van der Waals surface area contributed by atoms with Gasteiger partial charge in [-0.3, -0.25) is 19.2 Å². The molecule has 0 aliphatic carbocycles. The predicted octanol–water partition coefficient (Wildman–Crippen LogP) is 0.167. The summed E-state index contributed by atoms with van der Waals surface area (Å²) in [6.07, 6.45) is 3.41. The molecule has 1 aromatic carbocycles. The van der Waals surface area contributed by atoms with Crippen molar-refractivity contribution in [3.8, 4) is 0 Å². The molecule has 0 saturated carbocycles. The Labute approximate surface area is 225 Å². The molecule has 0 radical (unpaired) electrons. The molecule has 4 amide bonds. The maximum atomic E-state index is 13.3. The van der Waals surface area contributed by atoms with Crippen LogP contribution in [0.4, 0.5) is 0 Å². The average molecular weight is 537 g/mol. The lowest BCUT2D eigenvalue weighted by Crippen LogP contribution is -2.57. The highest BCUT2D eigenvalue weighted by Crippen LogP contribution is 2.09. The van der Waals surface area contributed by atoms with Crippen molar-refractivity contribution in [3.05, 3.63) is 35.9 Å². The average Bonchev–Trinajstić information content (AvgIpc) is 2.87. The van der Waals surface area contributed by atoms with E-state index in [1.54, 1.807) is 18.8 Å². The fourth-order valence-electron chi connectivity index (χ4n) is 3.67. The zero-order valence-electron chi connectivity index (χ0n) is 22.5. The lowest BCUT2D eigenvalue weighted by atomic mass is 10.0. The van der Waals surface area contributed by atoms with E-state index < -0.39 is 29.9 Å². The summed E-state index contributed by atoms with van der Waals surface area (Å²) < 4.78 is 0. The maximum Gasteiger partial charge on any atom is 0.243 e. The SMILES string of the molecule is CNC(CCSC)C(=O)NC(CC(C)C)C(=O)NC(Cc1ccccc1)C(=O)NCCC(=O)NCCN. The monoisotopic (exact) mass is 536 g/mol. The molecule has 208 valence electrons. The largest absolute Gasteiger partial charge is 0.355 e. The van der Waals surface area contributed by atoms with Gasteiger partial charge in [0.05, 0.1) is 6.04 Å². The van der Waals surface area contributed by atoms with Gasteiger partial charge >= 0.3 is 0 Å². The molecule has 0 spiro atoms. The number of benzene rings is 1. The van der Waals surface area contributed by atoms with Gasteiger partial charge < -0.3 is 32.3 Å². The number of nitrogens with two attached hydrogens (primary N) is 1. The first kappa shape index (κ1) is 32.4. The van der Waals surface area contributed by atoms with Crippen LogP contribution < -0.4 is 32.3 Å². The van der Waals surface area contributed by atoms with Crippen LogP contribution in [0.2, 0.25) is 0 Å². The lowest BCUT2D eigenvalue weighted by molar-refractivity contribution is -0.133. The molecule has 1 rings (SSSR count). The molecular weight excluding hydrogens is 492 g/mol. The van der Waals surface area contributed by atoms with E-state index in [2.05, 4.69) is 26.6 Å². The maximum absolute atomic E-state index is 13.3. The number of carbonyl (C=O) groups excluding carboxylic acids is 4. The van der Waals surface area contributed by atoms with Crippen LogP contribution in [-0.2, 0) is 25.6 Å². The lowest BCUT2D eigenvalue weighted by Gasteiger charge is -2.26. The summed E-state index contributed by atoms with van der Waals surface area (Å²) in [5, 5.41) is 14.1. The van der Waals surface area contributed by atoms with Crippen molar-refractivity contribution in [1.29, 1.82) is 0 Å². The topological polar surface area (TPSA) is 154 Å². The van der Waals surface area contributed by atoms with E-state index in [4.69, 9.17) is 5.73 Å². The minimum Gasteiger partial charge on any atom is -0.355 e. The Morgan fingerprint density at radius 3 is 2.14 bits per heavy atom. The molecule has 0 aliphatic rings. The third-order valence-electron chi connectivity index (χ3n) is 5.65. The number of carbonyl (C=O) groups is 4. The van der Waals surface area contributed by atoms with Crippen LogP contribution in [0, 0.1) is 5.92 Å². The Morgan fingerprint density at radius 1 is 0.892 bits per heavy atom. The number of rotatable bonds is 18. The normalized spacial score (nSPS) is 13.4. The van der Waals surface area contributed by atoms with E-state index in [0.29, 0.717) is 25.9 Å². The van der Waals surface area contributed by atoms with Crippen molar-refractivity contribution in [2.24, 2.45) is 11.7 Å². The Hall–Kier alpha value is -2.63. The van der Waals surface area contributed by atoms with E-state index in [1.165, 1.54) is 0 Å². The first-order valence-electron chi connectivity index (χ1n) is 12.8. The Morgan fingerprint density at radius 2 is 1.54 bits per heavy atom. The van der Waals surface area contributed by atoms with Crippen LogP contribution in [0.15, 0.2) is 30.3 Å². The van der Waals surface area contributed by atoms with Crippen molar-refractivity contribution in [2.75, 3.05) is 38.7 Å². The summed E-state index contributed by atoms with van der Waals surface area (Å²) in [6, 6.07) is 7.29. The van der Waals surface area contributed by atoms with Gasteiger partial charge in [-0.05, 0) is 43.4 Å². The van der Waals surface area contributed by atoms with E-state index in [-0.39, 0.29) is 37.1 Å². The molecule has 3 unspecified atom stereocenters. The fourth-order valence-corrected chi connectivity index (χ4v) is 4.14. The summed E-state index contributed by atoms with van der Waals surface area (Å²) in [7, 11) is 1.72. The summed E-state index contributed by atoms with van der Waals surface area (Å²) in [5.41, 5.74) is 6.26. The van der Waals surface area contributed by atoms with Crippen LogP contribution in [-0.4, -0.2) is 80.4 Å². The summed E-state index contributed by atoms with van der Waals surface area (Å²) in [6.45, 7) is 4.78. The number of likely N-dealkylation sites (N-methyl/N-ethyl adjacent to an activating group) is 1. The standard InChI is InChI=1S/C26H44N6O4S/c1-18(2)16-21(31-25(35)20(28-3)11-15-37-4)26(36)32-22(17-19-8-6-5-7-9-19)24(34)30-13-10-23(33)29-14-12-27/h5-9,18,20-22,28H,10-17,27H2,1-4H3,(H,29,33)(H,30,34)(H,31,35)(H,32,36). The van der Waals surface area contributed by atoms with Gasteiger partial charge in [0.2, 0.25) is 23.6 Å². The van der Waals surface area contributed by atoms with Gasteiger partial charge in [-0.1, -0.05) is 44.2 Å². The van der Waals surface area contributed by atoms with Gasteiger partial charge in [0.25, 0.3) is 0 Å². The molecule has 0 aliphatic heterocycles. The van der Waals surface area contributed by atoms with Crippen LogP contribution in [0.1, 0.15) is 38.7 Å². The van der Waals surface area contributed by atoms with Crippen LogP contribution in [0.5, 0.6) is 0 Å². The predicted molar refractivity (Wildman–Crippen MR) is 149 cm³/mol. The third-order valence-corrected chi connectivity index (χ3v) is 6.29. The molecule has 0 heterocycles. The summed E-state index contributed by atoms with van der Waals surface area (Å²) in [4.78, 5) is 51.1. The number of thioether (sulfide) groups is 1. The smallest absolute Gasteiger partial charge is 0.243 e. The zero-order valence-corrected chi connectivity index (χ0v) is 23.3. The molecule has 7 N–H and O–H groups in total. The highest BCUT2D eigenvalue weighted by molar-refractivity contribution is 7.98. The van der Waals surface area contributed by atoms with E-state index >= 15 is 0 Å². The molecule has 10 nitrogen and oxygen atoms in total. The van der Waals surface area contributed by atoms with Crippen LogP contribution in [0.3, 0.4) is 0 Å². The molecule has 11 heteroatoms. The second-order valence-corrected chi connectivity index (χ2v) is 10.2. The number of amides is 4. The van der Waals surface area contributed by atoms with E-state index in [1.807, 2.05) is 50.4 Å². The van der Waals surface area contributed by atoms with Gasteiger partial charge in [0, 0.05) is 32.5 Å². The molecule has 0 aromatic heterocycles. The minimum atomic E-state index is -0.870. The highest BCUT2D eigenvalue weighted by Gasteiger charge is 2.29. The van der Waals surface area contributed by atoms with Gasteiger partial charge in [-0.15, -0.1) is 0 Å². The second-order valence-electron chi connectivity index (χ2n) is 9.24. The van der Waals surface area contributed by atoms with Crippen molar-refractivity contribution >= 4 is 35.4 Å². The van der Waals surface area contributed by atoms with Gasteiger partial charge in [-0.2, -0.15) is 11.8 Å². The van der Waals surface area contributed by atoms with Gasteiger partial charge in [0.15, 0.2) is 0 Å². The highest BCUT2D eigenvalue weighted by atomic mass is 32.2. The molecule has 0 fully saturated rings. The fraction of sp³-hybridized carbons (Fsp3) is 0.615. The Balaban J connectivity index is 2.94. The van der Waals surface area contributed by atoms with E-state index in [0.717, 1.165) is 11.3 Å². The van der Waals surface area contributed by atoms with Crippen molar-refractivity contribution < 1.29 is 19.2 Å². The van der Waals surface area contributed by atoms with E-state index in [9.17, 15) is 19.2 Å². The quantitative estimate of drug-likeness (QED) is 0.156. The first-order chi connectivity index (χ1) is 17.7. The summed E-state index contributed by atoms with van der Waals surface area (Å²) >= 11 is 1.65. The molecular formula is C26H44N6O4S. The number of nitrogens with one attached hydrogen (secondary N) is 5. The molecule has 1 aromatic rings. The van der Waals surface area contributed by atoms with Crippen LogP contribution in [0.25, 0.3) is 0 Å². The number of hydrogen-bond acceptors (Lipinski definition) is 7. The molecule has 3 atom stereocenters. The summed E-state index contributed by atoms with van der Waals surface area (Å²) in [5.74, 6) is -0.322. The number of hydrogen-bond donors (Lipinski definition) is 6. The molecule has 37 heavy (non-hydrogen) atoms. The third kappa shape index (κ3) is 13.5. The Kier molecular flexibility index (Phi) is 16.3. The van der Waals surface area contributed by atoms with Gasteiger partial charge in [-0.25, -0.2) is 0 Å². The van der Waals surface area contributed by atoms with Crippen molar-refractivity contribution in [2.45, 2.75) is 57.7 Å². The van der Waals surface area contributed by atoms with Crippen molar-refractivity contribution in [1.82, 2.24) is 26.6 Å². The van der Waals surface area contributed by atoms with Crippen molar-refractivity contribution in [3.63, 3.8) is 0 Å². The second kappa shape index (κ2) is 18.6. The zero-order chi connectivity index (χ0) is 27.6. The minimum absolute atomic E-state index is 0.102. The van der Waals surface area contributed by atoms with Crippen LogP contribution >= 0.6 is 11.8 Å².